The Morgan fingerprint density at radius 3 is 2.76 bits per heavy atom. The lowest BCUT2D eigenvalue weighted by atomic mass is 10.3. The first-order valence-corrected chi connectivity index (χ1v) is 7.71. The van der Waals surface area contributed by atoms with Crippen LogP contribution in [0, 0.1) is 0 Å². The van der Waals surface area contributed by atoms with Gasteiger partial charge in [0.05, 0.1) is 4.34 Å². The molecule has 0 radical (unpaired) electrons. The summed E-state index contributed by atoms with van der Waals surface area (Å²) in [6, 6.07) is 4.11. The molecule has 0 aliphatic carbocycles. The minimum atomic E-state index is 0.897. The molecule has 17 heavy (non-hydrogen) atoms. The van der Waals surface area contributed by atoms with Gasteiger partial charge in [-0.2, -0.15) is 0 Å². The summed E-state index contributed by atoms with van der Waals surface area (Å²) >= 11 is 7.58. The third kappa shape index (κ3) is 4.96. The van der Waals surface area contributed by atoms with Gasteiger partial charge < -0.3 is 10.2 Å². The van der Waals surface area contributed by atoms with E-state index in [2.05, 4.69) is 16.3 Å². The van der Waals surface area contributed by atoms with Crippen LogP contribution in [0.15, 0.2) is 12.1 Å². The van der Waals surface area contributed by atoms with Crippen molar-refractivity contribution < 1.29 is 0 Å². The van der Waals surface area contributed by atoms with E-state index in [1.807, 2.05) is 6.07 Å². The van der Waals surface area contributed by atoms with E-state index >= 15 is 0 Å². The molecule has 0 saturated carbocycles. The zero-order chi connectivity index (χ0) is 11.9. The van der Waals surface area contributed by atoms with E-state index in [4.69, 9.17) is 11.6 Å². The molecule has 1 aromatic rings. The average molecular weight is 273 g/mol. The Morgan fingerprint density at radius 1 is 1.24 bits per heavy atom. The van der Waals surface area contributed by atoms with Crippen LogP contribution in [0.5, 0.6) is 0 Å². The third-order valence-electron chi connectivity index (χ3n) is 3.20. The van der Waals surface area contributed by atoms with Crippen LogP contribution in [0.25, 0.3) is 0 Å². The fraction of sp³-hybridized carbons (Fsp3) is 0.692. The predicted octanol–water partition coefficient (Wildman–Crippen LogP) is 3.02. The highest BCUT2D eigenvalue weighted by Gasteiger charge is 2.09. The SMILES string of the molecule is Clc1ccc(CCNCCCN2CCCC2)s1. The smallest absolute Gasteiger partial charge is 0.0931 e. The van der Waals surface area contributed by atoms with Crippen LogP contribution in [0.4, 0.5) is 0 Å². The predicted molar refractivity (Wildman–Crippen MR) is 76.2 cm³/mol. The molecular weight excluding hydrogens is 252 g/mol. The van der Waals surface area contributed by atoms with E-state index in [9.17, 15) is 0 Å². The molecule has 0 aromatic carbocycles. The van der Waals surface area contributed by atoms with Crippen molar-refractivity contribution in [2.45, 2.75) is 25.7 Å². The van der Waals surface area contributed by atoms with Crippen LogP contribution in [0.1, 0.15) is 24.1 Å². The molecule has 1 aliphatic heterocycles. The van der Waals surface area contributed by atoms with E-state index in [-0.39, 0.29) is 0 Å². The Balaban J connectivity index is 1.46. The van der Waals surface area contributed by atoms with Gasteiger partial charge in [0.25, 0.3) is 0 Å². The monoisotopic (exact) mass is 272 g/mol. The maximum Gasteiger partial charge on any atom is 0.0931 e. The Morgan fingerprint density at radius 2 is 2.06 bits per heavy atom. The average Bonchev–Trinajstić information content (AvgIpc) is 2.95. The topological polar surface area (TPSA) is 15.3 Å². The maximum absolute atomic E-state index is 5.89. The highest BCUT2D eigenvalue weighted by atomic mass is 35.5. The highest BCUT2D eigenvalue weighted by molar-refractivity contribution is 7.16. The summed E-state index contributed by atoms with van der Waals surface area (Å²) < 4.78 is 0.897. The summed E-state index contributed by atoms with van der Waals surface area (Å²) in [6.07, 6.45) is 5.16. The summed E-state index contributed by atoms with van der Waals surface area (Å²) in [5.74, 6) is 0. The van der Waals surface area contributed by atoms with Crippen LogP contribution < -0.4 is 5.32 Å². The molecule has 0 atom stereocenters. The lowest BCUT2D eigenvalue weighted by molar-refractivity contribution is 0.331. The molecule has 0 unspecified atom stereocenters. The van der Waals surface area contributed by atoms with Crippen molar-refractivity contribution in [1.82, 2.24) is 10.2 Å². The molecule has 4 heteroatoms. The van der Waals surface area contributed by atoms with Crippen LogP contribution in [0.2, 0.25) is 4.34 Å². The van der Waals surface area contributed by atoms with Gasteiger partial charge in [-0.25, -0.2) is 0 Å². The van der Waals surface area contributed by atoms with Crippen molar-refractivity contribution in [3.05, 3.63) is 21.3 Å². The number of thiophene rings is 1. The number of rotatable bonds is 7. The third-order valence-corrected chi connectivity index (χ3v) is 4.49. The molecule has 2 rings (SSSR count). The molecule has 2 nitrogen and oxygen atoms in total. The second kappa shape index (κ2) is 7.37. The summed E-state index contributed by atoms with van der Waals surface area (Å²) in [6.45, 7) is 6.09. The normalized spacial score (nSPS) is 16.8. The van der Waals surface area contributed by atoms with Crippen molar-refractivity contribution >= 4 is 22.9 Å². The second-order valence-electron chi connectivity index (χ2n) is 4.61. The number of halogens is 1. The zero-order valence-electron chi connectivity index (χ0n) is 10.3. The summed E-state index contributed by atoms with van der Waals surface area (Å²) in [7, 11) is 0. The number of hydrogen-bond donors (Lipinski definition) is 1. The number of hydrogen-bond acceptors (Lipinski definition) is 3. The van der Waals surface area contributed by atoms with Crippen LogP contribution in [-0.4, -0.2) is 37.6 Å². The fourth-order valence-electron chi connectivity index (χ4n) is 2.26. The molecule has 0 spiro atoms. The molecule has 0 amide bonds. The number of likely N-dealkylation sites (tertiary alicyclic amines) is 1. The van der Waals surface area contributed by atoms with Crippen molar-refractivity contribution in [2.75, 3.05) is 32.7 Å². The quantitative estimate of drug-likeness (QED) is 0.768. The highest BCUT2D eigenvalue weighted by Crippen LogP contribution is 2.21. The van der Waals surface area contributed by atoms with E-state index in [1.165, 1.54) is 43.8 Å². The molecule has 0 bridgehead atoms. The first kappa shape index (κ1) is 13.3. The van der Waals surface area contributed by atoms with Gasteiger partial charge in [0.15, 0.2) is 0 Å². The number of nitrogens with one attached hydrogen (secondary N) is 1. The molecule has 2 heterocycles. The van der Waals surface area contributed by atoms with Crippen LogP contribution >= 0.6 is 22.9 Å². The van der Waals surface area contributed by atoms with Gasteiger partial charge >= 0.3 is 0 Å². The molecule has 1 fully saturated rings. The van der Waals surface area contributed by atoms with Crippen molar-refractivity contribution in [1.29, 1.82) is 0 Å². The largest absolute Gasteiger partial charge is 0.316 e. The number of nitrogens with zero attached hydrogens (tertiary/aromatic N) is 1. The summed E-state index contributed by atoms with van der Waals surface area (Å²) in [5.41, 5.74) is 0. The molecule has 1 aromatic heterocycles. The maximum atomic E-state index is 5.89. The van der Waals surface area contributed by atoms with E-state index < -0.39 is 0 Å². The second-order valence-corrected chi connectivity index (χ2v) is 6.41. The van der Waals surface area contributed by atoms with Crippen molar-refractivity contribution in [3.63, 3.8) is 0 Å². The van der Waals surface area contributed by atoms with Gasteiger partial charge in [0, 0.05) is 4.88 Å². The van der Waals surface area contributed by atoms with Gasteiger partial charge in [-0.3, -0.25) is 0 Å². The minimum absolute atomic E-state index is 0.897. The molecule has 96 valence electrons. The fourth-order valence-corrected chi connectivity index (χ4v) is 3.34. The zero-order valence-corrected chi connectivity index (χ0v) is 11.8. The standard InChI is InChI=1S/C13H21ClN2S/c14-13-5-4-12(17-13)6-8-15-7-3-11-16-9-1-2-10-16/h4-5,15H,1-3,6-11H2. The van der Waals surface area contributed by atoms with Crippen LogP contribution in [0.3, 0.4) is 0 Å². The summed E-state index contributed by atoms with van der Waals surface area (Å²) in [4.78, 5) is 3.95. The lowest BCUT2D eigenvalue weighted by Gasteiger charge is -2.14. The van der Waals surface area contributed by atoms with Gasteiger partial charge in [0.1, 0.15) is 0 Å². The van der Waals surface area contributed by atoms with Gasteiger partial charge in [-0.05, 0) is 70.5 Å². The Kier molecular flexibility index (Phi) is 5.78. The molecule has 1 aliphatic rings. The summed E-state index contributed by atoms with van der Waals surface area (Å²) in [5, 5.41) is 3.50. The Bertz CT molecular complexity index is 321. The molecule has 1 N–H and O–H groups in total. The minimum Gasteiger partial charge on any atom is -0.316 e. The van der Waals surface area contributed by atoms with Crippen molar-refractivity contribution in [3.8, 4) is 0 Å². The van der Waals surface area contributed by atoms with E-state index in [1.54, 1.807) is 11.3 Å². The van der Waals surface area contributed by atoms with Gasteiger partial charge in [-0.15, -0.1) is 11.3 Å². The van der Waals surface area contributed by atoms with Crippen LogP contribution in [-0.2, 0) is 6.42 Å². The van der Waals surface area contributed by atoms with Crippen molar-refractivity contribution in [2.24, 2.45) is 0 Å². The molecule has 1 saturated heterocycles. The first-order valence-electron chi connectivity index (χ1n) is 6.52. The Hall–Kier alpha value is -0.0900. The van der Waals surface area contributed by atoms with Gasteiger partial charge in [0.2, 0.25) is 0 Å². The molecular formula is C13H21ClN2S. The first-order chi connectivity index (χ1) is 8.34. The van der Waals surface area contributed by atoms with E-state index in [0.717, 1.165) is 23.8 Å². The van der Waals surface area contributed by atoms with Gasteiger partial charge in [-0.1, -0.05) is 11.6 Å². The Labute approximate surface area is 113 Å². The lowest BCUT2D eigenvalue weighted by Crippen LogP contribution is -2.25. The van der Waals surface area contributed by atoms with E-state index in [0.29, 0.717) is 0 Å².